The number of rotatable bonds is 6. The van der Waals surface area contributed by atoms with Crippen molar-refractivity contribution in [3.8, 4) is 0 Å². The Morgan fingerprint density at radius 3 is 2.33 bits per heavy atom. The Labute approximate surface area is 144 Å². The highest BCUT2D eigenvalue weighted by molar-refractivity contribution is 5.69. The standard InChI is InChI=1S/C19H29NO4/c1-19(2,3)24-18(21)20-16(13-22-4)10-11-17(20)14-23-12-15-8-6-5-7-9-15/h5-9,16-17H,10-14H2,1-4H3/t16-,17-/m0/s1. The van der Waals surface area contributed by atoms with E-state index in [9.17, 15) is 4.79 Å². The van der Waals surface area contributed by atoms with E-state index in [4.69, 9.17) is 14.2 Å². The first-order chi connectivity index (χ1) is 11.4. The number of hydrogen-bond acceptors (Lipinski definition) is 4. The van der Waals surface area contributed by atoms with Gasteiger partial charge in [-0.2, -0.15) is 0 Å². The van der Waals surface area contributed by atoms with Crippen LogP contribution in [0.2, 0.25) is 0 Å². The van der Waals surface area contributed by atoms with Crippen molar-refractivity contribution in [2.75, 3.05) is 20.3 Å². The monoisotopic (exact) mass is 335 g/mol. The van der Waals surface area contributed by atoms with Gasteiger partial charge in [0.15, 0.2) is 0 Å². The number of likely N-dealkylation sites (tertiary alicyclic amines) is 1. The predicted molar refractivity (Wildman–Crippen MR) is 92.9 cm³/mol. The van der Waals surface area contributed by atoms with E-state index >= 15 is 0 Å². The van der Waals surface area contributed by atoms with Crippen LogP contribution in [0.5, 0.6) is 0 Å². The maximum absolute atomic E-state index is 12.6. The molecule has 134 valence electrons. The van der Waals surface area contributed by atoms with E-state index in [1.807, 2.05) is 51.1 Å². The van der Waals surface area contributed by atoms with E-state index in [2.05, 4.69) is 0 Å². The molecule has 1 heterocycles. The van der Waals surface area contributed by atoms with Gasteiger partial charge in [0.1, 0.15) is 5.60 Å². The van der Waals surface area contributed by atoms with Gasteiger partial charge in [-0.3, -0.25) is 4.90 Å². The van der Waals surface area contributed by atoms with Crippen LogP contribution in [0.15, 0.2) is 30.3 Å². The molecule has 2 atom stereocenters. The first-order valence-corrected chi connectivity index (χ1v) is 8.52. The van der Waals surface area contributed by atoms with Gasteiger partial charge >= 0.3 is 6.09 Å². The molecule has 0 saturated carbocycles. The second kappa shape index (κ2) is 8.49. The van der Waals surface area contributed by atoms with Crippen molar-refractivity contribution in [3.63, 3.8) is 0 Å². The number of carbonyl (C=O) groups is 1. The fourth-order valence-corrected chi connectivity index (χ4v) is 2.98. The van der Waals surface area contributed by atoms with Crippen LogP contribution in [0.1, 0.15) is 39.2 Å². The van der Waals surface area contributed by atoms with Gasteiger partial charge in [0, 0.05) is 7.11 Å². The molecule has 0 unspecified atom stereocenters. The van der Waals surface area contributed by atoms with Crippen LogP contribution in [0.3, 0.4) is 0 Å². The third-order valence-corrected chi connectivity index (χ3v) is 4.01. The number of benzene rings is 1. The van der Waals surface area contributed by atoms with Gasteiger partial charge in [-0.1, -0.05) is 30.3 Å². The van der Waals surface area contributed by atoms with E-state index in [1.54, 1.807) is 12.0 Å². The van der Waals surface area contributed by atoms with Crippen molar-refractivity contribution < 1.29 is 19.0 Å². The SMILES string of the molecule is COC[C@@H]1CC[C@@H](COCc2ccccc2)N1C(=O)OC(C)(C)C. The highest BCUT2D eigenvalue weighted by Crippen LogP contribution is 2.27. The molecule has 5 nitrogen and oxygen atoms in total. The summed E-state index contributed by atoms with van der Waals surface area (Å²) in [6, 6.07) is 10.1. The molecule has 0 aliphatic carbocycles. The minimum absolute atomic E-state index is 0.0312. The molecule has 1 fully saturated rings. The predicted octanol–water partition coefficient (Wildman–Crippen LogP) is 3.62. The topological polar surface area (TPSA) is 48.0 Å². The molecular formula is C19H29NO4. The van der Waals surface area contributed by atoms with E-state index in [1.165, 1.54) is 0 Å². The van der Waals surface area contributed by atoms with Gasteiger partial charge in [-0.25, -0.2) is 4.79 Å². The lowest BCUT2D eigenvalue weighted by Crippen LogP contribution is -2.47. The highest BCUT2D eigenvalue weighted by Gasteiger charge is 2.39. The van der Waals surface area contributed by atoms with Crippen LogP contribution in [0, 0.1) is 0 Å². The molecule has 5 heteroatoms. The Balaban J connectivity index is 1.94. The molecule has 0 spiro atoms. The van der Waals surface area contributed by atoms with Crippen molar-refractivity contribution in [2.24, 2.45) is 0 Å². The Hall–Kier alpha value is -1.59. The minimum Gasteiger partial charge on any atom is -0.444 e. The lowest BCUT2D eigenvalue weighted by Gasteiger charge is -2.32. The van der Waals surface area contributed by atoms with Crippen molar-refractivity contribution in [3.05, 3.63) is 35.9 Å². The molecule has 1 saturated heterocycles. The third-order valence-electron chi connectivity index (χ3n) is 4.01. The van der Waals surface area contributed by atoms with Crippen molar-refractivity contribution >= 4 is 6.09 Å². The Morgan fingerprint density at radius 1 is 1.12 bits per heavy atom. The number of carbonyl (C=O) groups excluding carboxylic acids is 1. The van der Waals surface area contributed by atoms with Crippen LogP contribution in [-0.4, -0.2) is 49.0 Å². The summed E-state index contributed by atoms with van der Waals surface area (Å²) in [4.78, 5) is 14.4. The van der Waals surface area contributed by atoms with Gasteiger partial charge in [0.05, 0.1) is 31.9 Å². The number of nitrogens with zero attached hydrogens (tertiary/aromatic N) is 1. The fourth-order valence-electron chi connectivity index (χ4n) is 2.98. The molecule has 0 bridgehead atoms. The van der Waals surface area contributed by atoms with Crippen LogP contribution >= 0.6 is 0 Å². The number of hydrogen-bond donors (Lipinski definition) is 0. The first kappa shape index (κ1) is 18.7. The van der Waals surface area contributed by atoms with Gasteiger partial charge in [-0.15, -0.1) is 0 Å². The number of amides is 1. The summed E-state index contributed by atoms with van der Waals surface area (Å²) in [6.45, 7) is 7.23. The normalized spacial score (nSPS) is 21.1. The van der Waals surface area contributed by atoms with Gasteiger partial charge < -0.3 is 14.2 Å². The quantitative estimate of drug-likeness (QED) is 0.797. The average Bonchev–Trinajstić information content (AvgIpc) is 2.90. The van der Waals surface area contributed by atoms with Crippen LogP contribution in [0.4, 0.5) is 4.79 Å². The van der Waals surface area contributed by atoms with Crippen LogP contribution in [-0.2, 0) is 20.8 Å². The summed E-state index contributed by atoms with van der Waals surface area (Å²) in [5.74, 6) is 0. The van der Waals surface area contributed by atoms with E-state index in [0.717, 1.165) is 18.4 Å². The van der Waals surface area contributed by atoms with Crippen molar-refractivity contribution in [1.29, 1.82) is 0 Å². The van der Waals surface area contributed by atoms with Gasteiger partial charge in [0.25, 0.3) is 0 Å². The smallest absolute Gasteiger partial charge is 0.410 e. The van der Waals surface area contributed by atoms with E-state index in [-0.39, 0.29) is 18.2 Å². The fraction of sp³-hybridized carbons (Fsp3) is 0.632. The second-order valence-electron chi connectivity index (χ2n) is 7.23. The molecule has 1 aliphatic rings. The van der Waals surface area contributed by atoms with Crippen LogP contribution in [0.25, 0.3) is 0 Å². The first-order valence-electron chi connectivity index (χ1n) is 8.52. The molecule has 0 N–H and O–H groups in total. The summed E-state index contributed by atoms with van der Waals surface area (Å²) in [7, 11) is 1.66. The van der Waals surface area contributed by atoms with Gasteiger partial charge in [0.2, 0.25) is 0 Å². The zero-order chi connectivity index (χ0) is 17.6. The average molecular weight is 335 g/mol. The van der Waals surface area contributed by atoms with Gasteiger partial charge in [-0.05, 0) is 39.2 Å². The lowest BCUT2D eigenvalue weighted by molar-refractivity contribution is -0.00811. The summed E-state index contributed by atoms with van der Waals surface area (Å²) in [6.07, 6.45) is 1.53. The molecule has 24 heavy (non-hydrogen) atoms. The Kier molecular flexibility index (Phi) is 6.63. The summed E-state index contributed by atoms with van der Waals surface area (Å²) in [5.41, 5.74) is 0.625. The summed E-state index contributed by atoms with van der Waals surface area (Å²) < 4.78 is 16.7. The molecule has 0 radical (unpaired) electrons. The summed E-state index contributed by atoms with van der Waals surface area (Å²) in [5, 5.41) is 0. The van der Waals surface area contributed by atoms with Crippen molar-refractivity contribution in [1.82, 2.24) is 4.90 Å². The lowest BCUT2D eigenvalue weighted by atomic mass is 10.2. The maximum atomic E-state index is 12.6. The Morgan fingerprint density at radius 2 is 1.75 bits per heavy atom. The highest BCUT2D eigenvalue weighted by atomic mass is 16.6. The zero-order valence-corrected chi connectivity index (χ0v) is 15.2. The Bertz CT molecular complexity index is 512. The van der Waals surface area contributed by atoms with E-state index < -0.39 is 5.60 Å². The molecular weight excluding hydrogens is 306 g/mol. The number of ether oxygens (including phenoxy) is 3. The molecule has 2 rings (SSSR count). The number of methoxy groups -OCH3 is 1. The van der Waals surface area contributed by atoms with Crippen LogP contribution < -0.4 is 0 Å². The maximum Gasteiger partial charge on any atom is 0.410 e. The molecule has 0 aromatic heterocycles. The van der Waals surface area contributed by atoms with E-state index in [0.29, 0.717) is 19.8 Å². The minimum atomic E-state index is -0.507. The summed E-state index contributed by atoms with van der Waals surface area (Å²) >= 11 is 0. The molecule has 1 aromatic carbocycles. The molecule has 1 aliphatic heterocycles. The van der Waals surface area contributed by atoms with Crippen molar-refractivity contribution in [2.45, 2.75) is 57.9 Å². The third kappa shape index (κ3) is 5.49. The largest absolute Gasteiger partial charge is 0.444 e. The molecule has 1 aromatic rings. The second-order valence-corrected chi connectivity index (χ2v) is 7.23. The zero-order valence-electron chi connectivity index (χ0n) is 15.2. The molecule has 1 amide bonds.